The van der Waals surface area contributed by atoms with E-state index in [1.165, 1.54) is 22.3 Å². The summed E-state index contributed by atoms with van der Waals surface area (Å²) in [6, 6.07) is 56.1. The molecule has 7 aromatic carbocycles. The average molecular weight is 793 g/mol. The van der Waals surface area contributed by atoms with E-state index in [2.05, 4.69) is 195 Å². The zero-order valence-electron chi connectivity index (χ0n) is 34.9. The van der Waals surface area contributed by atoms with E-state index in [4.69, 9.17) is 10.2 Å². The predicted molar refractivity (Wildman–Crippen MR) is 247 cm³/mol. The Morgan fingerprint density at radius 3 is 0.917 bits per heavy atom. The van der Waals surface area contributed by atoms with E-state index in [0.717, 1.165) is 80.3 Å². The lowest BCUT2D eigenvalue weighted by Crippen LogP contribution is -2.10. The molecule has 6 nitrogen and oxygen atoms in total. The number of rotatable bonds is 16. The average Bonchev–Trinajstić information content (AvgIpc) is 3.25. The minimum Gasteiger partial charge on any atom is -0.481 e. The highest BCUT2D eigenvalue weighted by atomic mass is 16.4. The lowest BCUT2D eigenvalue weighted by atomic mass is 9.99. The van der Waals surface area contributed by atoms with Crippen LogP contribution in [0.3, 0.4) is 0 Å². The van der Waals surface area contributed by atoms with Crippen LogP contribution in [0.4, 0.5) is 34.1 Å². The predicted octanol–water partition coefficient (Wildman–Crippen LogP) is 14.0. The smallest absolute Gasteiger partial charge is 0.303 e. The van der Waals surface area contributed by atoms with Crippen LogP contribution < -0.4 is 9.80 Å². The van der Waals surface area contributed by atoms with Crippen molar-refractivity contribution in [1.82, 2.24) is 0 Å². The van der Waals surface area contributed by atoms with Crippen molar-refractivity contribution in [2.24, 2.45) is 0 Å². The Morgan fingerprint density at radius 1 is 0.367 bits per heavy atom. The number of carbonyl (C=O) groups is 2. The van der Waals surface area contributed by atoms with Gasteiger partial charge in [0.2, 0.25) is 0 Å². The summed E-state index contributed by atoms with van der Waals surface area (Å²) in [5.41, 5.74) is 18.1. The largest absolute Gasteiger partial charge is 0.481 e. The third kappa shape index (κ3) is 10.0. The highest BCUT2D eigenvalue weighted by Gasteiger charge is 2.16. The van der Waals surface area contributed by atoms with E-state index < -0.39 is 11.9 Å². The molecule has 0 aliphatic carbocycles. The number of hydrogen-bond acceptors (Lipinski definition) is 4. The summed E-state index contributed by atoms with van der Waals surface area (Å²) in [5, 5.41) is 18.1. The molecular weight excluding hydrogens is 741 g/mol. The van der Waals surface area contributed by atoms with Gasteiger partial charge < -0.3 is 20.0 Å². The Bertz CT molecular complexity index is 2380. The minimum absolute atomic E-state index is 0.171. The fraction of sp³-hybridized carbons (Fsp3) is 0.185. The van der Waals surface area contributed by atoms with E-state index in [1.807, 2.05) is 0 Å². The molecule has 0 aliphatic rings. The van der Waals surface area contributed by atoms with Gasteiger partial charge in [0.25, 0.3) is 0 Å². The Balaban J connectivity index is 1.10. The van der Waals surface area contributed by atoms with E-state index in [9.17, 15) is 9.59 Å². The lowest BCUT2D eigenvalue weighted by molar-refractivity contribution is -0.138. The number of carboxylic acid groups (broad SMARTS) is 2. The molecule has 302 valence electrons. The van der Waals surface area contributed by atoms with Gasteiger partial charge in [0, 0.05) is 47.0 Å². The van der Waals surface area contributed by atoms with Gasteiger partial charge in [-0.05, 0) is 182 Å². The van der Waals surface area contributed by atoms with Gasteiger partial charge in [-0.3, -0.25) is 9.59 Å². The Hall–Kier alpha value is -6.92. The Morgan fingerprint density at radius 2 is 0.633 bits per heavy atom. The molecule has 2 N–H and O–H groups in total. The molecule has 0 spiro atoms. The van der Waals surface area contributed by atoms with Gasteiger partial charge in [0.1, 0.15) is 0 Å². The maximum atomic E-state index is 11.0. The van der Waals surface area contributed by atoms with Crippen LogP contribution in [0.25, 0.3) is 22.3 Å². The van der Waals surface area contributed by atoms with Crippen LogP contribution >= 0.6 is 0 Å². The number of nitrogens with zero attached hydrogens (tertiary/aromatic N) is 2. The van der Waals surface area contributed by atoms with Gasteiger partial charge in [-0.1, -0.05) is 84.9 Å². The van der Waals surface area contributed by atoms with Crippen LogP contribution in [0.15, 0.2) is 158 Å². The molecule has 60 heavy (non-hydrogen) atoms. The SMILES string of the molecule is Cc1ccc(N(c2ccc(CCCC(=O)O)cc2)c2ccc(-c3ccc(-c4ccc(N(c5ccc(CCCC(=O)O)cc5)c5ccc(C)c(C)c5)cc4)cc3)cc2)cc1C. The first-order valence-corrected chi connectivity index (χ1v) is 20.7. The van der Waals surface area contributed by atoms with Crippen LogP contribution in [0.1, 0.15) is 59.1 Å². The molecular formula is C54H52N2O4. The van der Waals surface area contributed by atoms with Crippen LogP contribution in [0.2, 0.25) is 0 Å². The lowest BCUT2D eigenvalue weighted by Gasteiger charge is -2.26. The molecule has 0 aromatic heterocycles. The second kappa shape index (κ2) is 18.8. The summed E-state index contributed by atoms with van der Waals surface area (Å²) in [7, 11) is 0. The third-order valence-electron chi connectivity index (χ3n) is 11.4. The van der Waals surface area contributed by atoms with Gasteiger partial charge in [-0.2, -0.15) is 0 Å². The zero-order valence-corrected chi connectivity index (χ0v) is 34.9. The Kier molecular flexibility index (Phi) is 12.9. The van der Waals surface area contributed by atoms with Crippen molar-refractivity contribution in [2.45, 2.75) is 66.2 Å². The maximum absolute atomic E-state index is 11.0. The van der Waals surface area contributed by atoms with Gasteiger partial charge >= 0.3 is 11.9 Å². The Labute approximate surface area is 354 Å². The number of aliphatic carboxylic acids is 2. The minimum atomic E-state index is -0.761. The molecule has 7 aromatic rings. The fourth-order valence-electron chi connectivity index (χ4n) is 7.60. The van der Waals surface area contributed by atoms with Gasteiger partial charge in [-0.25, -0.2) is 0 Å². The summed E-state index contributed by atoms with van der Waals surface area (Å²) < 4.78 is 0. The van der Waals surface area contributed by atoms with E-state index in [1.54, 1.807) is 0 Å². The highest BCUT2D eigenvalue weighted by Crippen LogP contribution is 2.39. The van der Waals surface area contributed by atoms with Crippen molar-refractivity contribution in [3.8, 4) is 22.3 Å². The molecule has 0 unspecified atom stereocenters. The molecule has 0 radical (unpaired) electrons. The maximum Gasteiger partial charge on any atom is 0.303 e. The second-order valence-electron chi connectivity index (χ2n) is 15.7. The summed E-state index contributed by atoms with van der Waals surface area (Å²) in [6.07, 6.45) is 3.05. The highest BCUT2D eigenvalue weighted by molar-refractivity contribution is 5.81. The van der Waals surface area contributed by atoms with Gasteiger partial charge in [-0.15, -0.1) is 0 Å². The molecule has 0 bridgehead atoms. The van der Waals surface area contributed by atoms with Crippen molar-refractivity contribution in [3.63, 3.8) is 0 Å². The van der Waals surface area contributed by atoms with Crippen molar-refractivity contribution in [3.05, 3.63) is 191 Å². The van der Waals surface area contributed by atoms with Crippen molar-refractivity contribution < 1.29 is 19.8 Å². The summed E-state index contributed by atoms with van der Waals surface area (Å²) in [4.78, 5) is 26.6. The molecule has 0 atom stereocenters. The zero-order chi connectivity index (χ0) is 42.2. The quantitative estimate of drug-likeness (QED) is 0.101. The fourth-order valence-corrected chi connectivity index (χ4v) is 7.60. The normalized spacial score (nSPS) is 11.0. The van der Waals surface area contributed by atoms with Gasteiger partial charge in [0.05, 0.1) is 0 Å². The van der Waals surface area contributed by atoms with E-state index in [0.29, 0.717) is 12.8 Å². The van der Waals surface area contributed by atoms with Crippen LogP contribution in [-0.2, 0) is 22.4 Å². The summed E-state index contributed by atoms with van der Waals surface area (Å²) in [6.45, 7) is 8.54. The number of anilines is 6. The first-order chi connectivity index (χ1) is 29.0. The molecule has 0 saturated heterocycles. The number of benzene rings is 7. The number of carboxylic acids is 2. The van der Waals surface area contributed by atoms with Crippen LogP contribution in [0.5, 0.6) is 0 Å². The van der Waals surface area contributed by atoms with Crippen LogP contribution in [0, 0.1) is 27.7 Å². The van der Waals surface area contributed by atoms with E-state index in [-0.39, 0.29) is 12.8 Å². The summed E-state index contributed by atoms with van der Waals surface area (Å²) >= 11 is 0. The van der Waals surface area contributed by atoms with Crippen LogP contribution in [-0.4, -0.2) is 22.2 Å². The van der Waals surface area contributed by atoms with Crippen molar-refractivity contribution in [2.75, 3.05) is 9.80 Å². The van der Waals surface area contributed by atoms with Crippen molar-refractivity contribution in [1.29, 1.82) is 0 Å². The molecule has 7 rings (SSSR count). The monoisotopic (exact) mass is 792 g/mol. The first kappa shape index (κ1) is 41.2. The molecule has 0 aliphatic heterocycles. The second-order valence-corrected chi connectivity index (χ2v) is 15.7. The molecule has 0 saturated carbocycles. The standard InChI is InChI=1S/C54H52N2O4/c1-37-11-25-51(35-39(37)3)55(47-27-13-41(14-28-47)7-5-9-53(57)58)49-31-21-45(22-32-49)43-17-19-44(20-18-43)46-23-33-50(34-24-46)56(52-26-12-38(2)40(4)36-52)48-29-15-42(16-30-48)8-6-10-54(59)60/h11-36H,5-10H2,1-4H3,(H,57,58)(H,59,60). The molecule has 0 amide bonds. The topological polar surface area (TPSA) is 81.1 Å². The molecule has 6 heteroatoms. The number of hydrogen-bond donors (Lipinski definition) is 2. The van der Waals surface area contributed by atoms with E-state index >= 15 is 0 Å². The van der Waals surface area contributed by atoms with Gasteiger partial charge in [0.15, 0.2) is 0 Å². The first-order valence-electron chi connectivity index (χ1n) is 20.7. The van der Waals surface area contributed by atoms with Crippen molar-refractivity contribution >= 4 is 46.1 Å². The molecule has 0 fully saturated rings. The number of aryl methyl sites for hydroxylation is 6. The summed E-state index contributed by atoms with van der Waals surface area (Å²) in [5.74, 6) is -1.52. The molecule has 0 heterocycles. The third-order valence-corrected chi connectivity index (χ3v) is 11.4.